The van der Waals surface area contributed by atoms with Gasteiger partial charge in [-0.15, -0.1) is 0 Å². The topological polar surface area (TPSA) is 78.9 Å². The van der Waals surface area contributed by atoms with E-state index in [9.17, 15) is 9.59 Å². The maximum atomic E-state index is 12.3. The first kappa shape index (κ1) is 14.3. The lowest BCUT2D eigenvalue weighted by atomic mass is 9.99. The highest BCUT2D eigenvalue weighted by Crippen LogP contribution is 2.22. The van der Waals surface area contributed by atoms with Gasteiger partial charge < -0.3 is 20.1 Å². The average molecular weight is 270 g/mol. The lowest BCUT2D eigenvalue weighted by Gasteiger charge is -2.30. The van der Waals surface area contributed by atoms with Crippen LogP contribution in [-0.2, 0) is 14.3 Å². The average Bonchev–Trinajstić information content (AvgIpc) is 3.00. The van der Waals surface area contributed by atoms with Crippen LogP contribution in [0.25, 0.3) is 0 Å². The number of carboxylic acid groups (broad SMARTS) is 1. The molecule has 1 amide bonds. The number of nitrogens with one attached hydrogen (secondary N) is 1. The first-order valence-corrected chi connectivity index (χ1v) is 6.94. The molecule has 3 unspecified atom stereocenters. The summed E-state index contributed by atoms with van der Waals surface area (Å²) in [6.45, 7) is 4.81. The van der Waals surface area contributed by atoms with Gasteiger partial charge in [-0.1, -0.05) is 0 Å². The van der Waals surface area contributed by atoms with Crippen molar-refractivity contribution in [3.8, 4) is 0 Å². The van der Waals surface area contributed by atoms with Crippen LogP contribution in [0, 0.1) is 11.8 Å². The molecule has 2 aliphatic rings. The van der Waals surface area contributed by atoms with E-state index in [1.54, 1.807) is 4.90 Å². The summed E-state index contributed by atoms with van der Waals surface area (Å²) < 4.78 is 5.25. The minimum Gasteiger partial charge on any atom is -0.481 e. The highest BCUT2D eigenvalue weighted by molar-refractivity contribution is 5.79. The number of ether oxygens (including phenoxy) is 1. The molecule has 2 rings (SSSR count). The van der Waals surface area contributed by atoms with Gasteiger partial charge in [0, 0.05) is 13.0 Å². The smallest absolute Gasteiger partial charge is 0.311 e. The van der Waals surface area contributed by atoms with Crippen molar-refractivity contribution in [2.45, 2.75) is 25.8 Å². The van der Waals surface area contributed by atoms with Crippen molar-refractivity contribution >= 4 is 11.9 Å². The van der Waals surface area contributed by atoms with Crippen LogP contribution in [0.15, 0.2) is 0 Å². The fourth-order valence-corrected chi connectivity index (χ4v) is 2.93. The van der Waals surface area contributed by atoms with Crippen LogP contribution in [0.4, 0.5) is 0 Å². The third-order valence-electron chi connectivity index (χ3n) is 4.05. The molecule has 0 radical (unpaired) electrons. The zero-order valence-corrected chi connectivity index (χ0v) is 11.3. The Morgan fingerprint density at radius 2 is 2.21 bits per heavy atom. The van der Waals surface area contributed by atoms with E-state index in [4.69, 9.17) is 9.84 Å². The second kappa shape index (κ2) is 6.34. The molecule has 19 heavy (non-hydrogen) atoms. The molecule has 0 aliphatic carbocycles. The maximum absolute atomic E-state index is 12.3. The molecule has 2 fully saturated rings. The minimum atomic E-state index is -0.878. The highest BCUT2D eigenvalue weighted by atomic mass is 16.5. The van der Waals surface area contributed by atoms with E-state index in [0.717, 1.165) is 19.5 Å². The van der Waals surface area contributed by atoms with Gasteiger partial charge in [-0.2, -0.15) is 0 Å². The predicted octanol–water partition coefficient (Wildman–Crippen LogP) is -0.0659. The van der Waals surface area contributed by atoms with Crippen LogP contribution in [0.2, 0.25) is 0 Å². The molecule has 0 aromatic rings. The fraction of sp³-hybridized carbons (Fsp3) is 0.846. The van der Waals surface area contributed by atoms with Gasteiger partial charge in [0.2, 0.25) is 5.91 Å². The van der Waals surface area contributed by atoms with Gasteiger partial charge in [0.25, 0.3) is 0 Å². The minimum absolute atomic E-state index is 0.0537. The number of rotatable bonds is 5. The SMILES string of the molecule is CCN(C(=O)CC1CCNC1)C1COCC1C(=O)O. The maximum Gasteiger partial charge on any atom is 0.311 e. The predicted molar refractivity (Wildman–Crippen MR) is 68.7 cm³/mol. The van der Waals surface area contributed by atoms with Gasteiger partial charge in [-0.3, -0.25) is 9.59 Å². The molecule has 0 saturated carbocycles. The third kappa shape index (κ3) is 3.25. The Morgan fingerprint density at radius 3 is 2.79 bits per heavy atom. The van der Waals surface area contributed by atoms with E-state index in [1.807, 2.05) is 6.92 Å². The van der Waals surface area contributed by atoms with Gasteiger partial charge in [-0.25, -0.2) is 0 Å². The van der Waals surface area contributed by atoms with Crippen molar-refractivity contribution in [3.05, 3.63) is 0 Å². The van der Waals surface area contributed by atoms with E-state index >= 15 is 0 Å². The molecule has 6 nitrogen and oxygen atoms in total. The molecule has 0 spiro atoms. The summed E-state index contributed by atoms with van der Waals surface area (Å²) in [4.78, 5) is 25.2. The molecular formula is C13H22N2O4. The van der Waals surface area contributed by atoms with Gasteiger partial charge in [0.1, 0.15) is 5.92 Å². The zero-order valence-electron chi connectivity index (χ0n) is 11.3. The number of carboxylic acids is 1. The second-order valence-electron chi connectivity index (χ2n) is 5.29. The molecule has 2 saturated heterocycles. The van der Waals surface area contributed by atoms with Crippen molar-refractivity contribution < 1.29 is 19.4 Å². The number of aliphatic carboxylic acids is 1. The number of amides is 1. The number of hydrogen-bond acceptors (Lipinski definition) is 4. The monoisotopic (exact) mass is 270 g/mol. The Balaban J connectivity index is 1.97. The van der Waals surface area contributed by atoms with Crippen molar-refractivity contribution in [3.63, 3.8) is 0 Å². The van der Waals surface area contributed by atoms with Crippen molar-refractivity contribution in [1.82, 2.24) is 10.2 Å². The summed E-state index contributed by atoms with van der Waals surface area (Å²) in [5.41, 5.74) is 0. The molecule has 2 aliphatic heterocycles. The molecule has 2 heterocycles. The van der Waals surface area contributed by atoms with Crippen LogP contribution in [0.1, 0.15) is 19.8 Å². The van der Waals surface area contributed by atoms with E-state index in [2.05, 4.69) is 5.32 Å². The van der Waals surface area contributed by atoms with Gasteiger partial charge >= 0.3 is 5.97 Å². The van der Waals surface area contributed by atoms with E-state index in [-0.39, 0.29) is 18.6 Å². The Morgan fingerprint density at radius 1 is 1.42 bits per heavy atom. The van der Waals surface area contributed by atoms with Gasteiger partial charge in [0.15, 0.2) is 0 Å². The van der Waals surface area contributed by atoms with Gasteiger partial charge in [0.05, 0.1) is 19.3 Å². The van der Waals surface area contributed by atoms with Crippen LogP contribution in [0.3, 0.4) is 0 Å². The molecule has 0 bridgehead atoms. The molecular weight excluding hydrogens is 248 g/mol. The Kier molecular flexibility index (Phi) is 4.76. The summed E-state index contributed by atoms with van der Waals surface area (Å²) in [7, 11) is 0. The number of carbonyl (C=O) groups excluding carboxylic acids is 1. The third-order valence-corrected chi connectivity index (χ3v) is 4.05. The van der Waals surface area contributed by atoms with Crippen molar-refractivity contribution in [1.29, 1.82) is 0 Å². The number of nitrogens with zero attached hydrogens (tertiary/aromatic N) is 1. The Bertz CT molecular complexity index is 342. The molecule has 3 atom stereocenters. The summed E-state index contributed by atoms with van der Waals surface area (Å²) in [6.07, 6.45) is 1.52. The summed E-state index contributed by atoms with van der Waals surface area (Å²) in [5.74, 6) is -1.04. The summed E-state index contributed by atoms with van der Waals surface area (Å²) in [5, 5.41) is 12.4. The largest absolute Gasteiger partial charge is 0.481 e. The highest BCUT2D eigenvalue weighted by Gasteiger charge is 2.39. The molecule has 0 aromatic heterocycles. The van der Waals surface area contributed by atoms with Crippen LogP contribution in [0.5, 0.6) is 0 Å². The van der Waals surface area contributed by atoms with Crippen molar-refractivity contribution in [2.75, 3.05) is 32.8 Å². The second-order valence-corrected chi connectivity index (χ2v) is 5.29. The quantitative estimate of drug-likeness (QED) is 0.731. The zero-order chi connectivity index (χ0) is 13.8. The van der Waals surface area contributed by atoms with Gasteiger partial charge in [-0.05, 0) is 32.4 Å². The van der Waals surface area contributed by atoms with Crippen LogP contribution in [-0.4, -0.2) is 60.8 Å². The molecule has 2 N–H and O–H groups in total. The van der Waals surface area contributed by atoms with E-state index in [0.29, 0.717) is 25.5 Å². The van der Waals surface area contributed by atoms with E-state index < -0.39 is 11.9 Å². The Labute approximate surface area is 113 Å². The van der Waals surface area contributed by atoms with Crippen molar-refractivity contribution in [2.24, 2.45) is 11.8 Å². The fourth-order valence-electron chi connectivity index (χ4n) is 2.93. The molecule has 108 valence electrons. The number of likely N-dealkylation sites (N-methyl/N-ethyl adjacent to an activating group) is 1. The number of carbonyl (C=O) groups is 2. The first-order valence-electron chi connectivity index (χ1n) is 6.94. The lowest BCUT2D eigenvalue weighted by molar-refractivity contribution is -0.145. The molecule has 6 heteroatoms. The first-order chi connectivity index (χ1) is 9.13. The van der Waals surface area contributed by atoms with E-state index in [1.165, 1.54) is 0 Å². The summed E-state index contributed by atoms with van der Waals surface area (Å²) in [6, 6.07) is -0.315. The molecule has 0 aromatic carbocycles. The number of hydrogen-bond donors (Lipinski definition) is 2. The standard InChI is InChI=1S/C13H22N2O4/c1-2-15(11-8-19-7-10(11)13(17)18)12(16)5-9-3-4-14-6-9/h9-11,14H,2-8H2,1H3,(H,17,18). The summed E-state index contributed by atoms with van der Waals surface area (Å²) >= 11 is 0. The Hall–Kier alpha value is -1.14. The van der Waals surface area contributed by atoms with Crippen LogP contribution >= 0.6 is 0 Å². The van der Waals surface area contributed by atoms with Crippen LogP contribution < -0.4 is 5.32 Å². The normalized spacial score (nSPS) is 30.5. The lowest BCUT2D eigenvalue weighted by Crippen LogP contribution is -2.47.